The Balaban J connectivity index is 0. The summed E-state index contributed by atoms with van der Waals surface area (Å²) >= 11 is 0. The quantitative estimate of drug-likeness (QED) is 0.299. The van der Waals surface area contributed by atoms with Gasteiger partial charge < -0.3 is 28.3 Å². The molecule has 0 aromatic heterocycles. The van der Waals surface area contributed by atoms with Crippen molar-refractivity contribution in [3.63, 3.8) is 0 Å². The largest absolute Gasteiger partial charge is 0.370 e. The second kappa shape index (κ2) is 14.8. The van der Waals surface area contributed by atoms with Gasteiger partial charge in [0.15, 0.2) is 0 Å². The molecule has 0 saturated carbocycles. The first-order chi connectivity index (χ1) is 8.04. The molecule has 102 valence electrons. The third kappa shape index (κ3) is 25.3. The van der Waals surface area contributed by atoms with Crippen LogP contribution in [0.2, 0.25) is 0 Å². The van der Waals surface area contributed by atoms with Gasteiger partial charge in [-0.25, -0.2) is 0 Å². The van der Waals surface area contributed by atoms with Crippen LogP contribution in [0.5, 0.6) is 0 Å². The van der Waals surface area contributed by atoms with Crippen LogP contribution in [-0.4, -0.2) is 38.0 Å². The number of carbonyl (C=O) groups excluding carboxylic acids is 2. The maximum atomic E-state index is 10.2. The van der Waals surface area contributed by atoms with E-state index in [1.165, 1.54) is 0 Å². The van der Waals surface area contributed by atoms with Gasteiger partial charge in [-0.3, -0.25) is 9.59 Å². The van der Waals surface area contributed by atoms with Crippen molar-refractivity contribution in [1.82, 2.24) is 5.32 Å². The fourth-order valence-corrected chi connectivity index (χ4v) is 0.928. The molecule has 0 aromatic carbocycles. The lowest BCUT2D eigenvalue weighted by Gasteiger charge is -1.95. The Kier molecular flexibility index (Phi) is 15.9. The molecular formula is C10H25N5O2. The summed E-state index contributed by atoms with van der Waals surface area (Å²) in [5.41, 5.74) is 20.0. The Morgan fingerprint density at radius 1 is 0.824 bits per heavy atom. The van der Waals surface area contributed by atoms with E-state index in [2.05, 4.69) is 5.32 Å². The van der Waals surface area contributed by atoms with Gasteiger partial charge in [-0.15, -0.1) is 0 Å². The molecule has 9 N–H and O–H groups in total. The average Bonchev–Trinajstić information content (AvgIpc) is 2.26. The minimum absolute atomic E-state index is 0.329. The fourth-order valence-electron chi connectivity index (χ4n) is 0.928. The number of unbranched alkanes of at least 4 members (excludes halogenated alkanes) is 1. The Morgan fingerprint density at radius 3 is 1.41 bits per heavy atom. The van der Waals surface area contributed by atoms with Crippen molar-refractivity contribution >= 4 is 11.8 Å². The van der Waals surface area contributed by atoms with Crippen LogP contribution in [0.3, 0.4) is 0 Å². The smallest absolute Gasteiger partial charge is 0.217 e. The van der Waals surface area contributed by atoms with Gasteiger partial charge in [-0.05, 0) is 12.8 Å². The second-order valence-electron chi connectivity index (χ2n) is 3.47. The van der Waals surface area contributed by atoms with Crippen molar-refractivity contribution in [2.45, 2.75) is 25.7 Å². The lowest BCUT2D eigenvalue weighted by Crippen LogP contribution is -2.27. The molecule has 0 rings (SSSR count). The van der Waals surface area contributed by atoms with Crippen LogP contribution < -0.4 is 28.3 Å². The highest BCUT2D eigenvalue weighted by Gasteiger charge is 1.96. The predicted octanol–water partition coefficient (Wildman–Crippen LogP) is -1.99. The molecule has 0 aromatic rings. The van der Waals surface area contributed by atoms with Crippen molar-refractivity contribution in [2.75, 3.05) is 26.2 Å². The van der Waals surface area contributed by atoms with Crippen LogP contribution in [0.1, 0.15) is 25.7 Å². The summed E-state index contributed by atoms with van der Waals surface area (Å²) < 4.78 is 0. The maximum absolute atomic E-state index is 10.2. The molecule has 0 fully saturated rings. The van der Waals surface area contributed by atoms with Crippen LogP contribution >= 0.6 is 0 Å². The molecule has 0 aliphatic rings. The van der Waals surface area contributed by atoms with Crippen LogP contribution in [0.25, 0.3) is 0 Å². The molecule has 0 aliphatic heterocycles. The molecule has 0 radical (unpaired) electrons. The van der Waals surface area contributed by atoms with Crippen LogP contribution in [0, 0.1) is 0 Å². The SMILES string of the molecule is NC(=O)CCCCC(N)=O.NCCNCCN. The molecule has 7 heteroatoms. The number of nitrogens with two attached hydrogens (primary N) is 4. The zero-order valence-corrected chi connectivity index (χ0v) is 10.3. The second-order valence-corrected chi connectivity index (χ2v) is 3.47. The lowest BCUT2D eigenvalue weighted by atomic mass is 10.2. The van der Waals surface area contributed by atoms with Crippen molar-refractivity contribution in [1.29, 1.82) is 0 Å². The monoisotopic (exact) mass is 247 g/mol. The van der Waals surface area contributed by atoms with E-state index >= 15 is 0 Å². The third-order valence-corrected chi connectivity index (χ3v) is 1.74. The van der Waals surface area contributed by atoms with E-state index in [4.69, 9.17) is 22.9 Å². The molecule has 7 nitrogen and oxygen atoms in total. The fraction of sp³-hybridized carbons (Fsp3) is 0.800. The van der Waals surface area contributed by atoms with Gasteiger partial charge in [-0.1, -0.05) is 0 Å². The standard InChI is InChI=1S/C6H12N2O2.C4H13N3/c7-5(9)3-1-2-4-6(8)10;5-1-3-7-4-2-6/h1-4H2,(H2,7,9)(H2,8,10);7H,1-6H2. The molecule has 0 heterocycles. The highest BCUT2D eigenvalue weighted by molar-refractivity contribution is 5.74. The molecule has 0 atom stereocenters. The molecule has 0 spiro atoms. The van der Waals surface area contributed by atoms with Crippen molar-refractivity contribution in [3.8, 4) is 0 Å². The predicted molar refractivity (Wildman–Crippen MR) is 67.8 cm³/mol. The van der Waals surface area contributed by atoms with Crippen molar-refractivity contribution in [2.24, 2.45) is 22.9 Å². The van der Waals surface area contributed by atoms with Gasteiger partial charge >= 0.3 is 0 Å². The Hall–Kier alpha value is -1.18. The van der Waals surface area contributed by atoms with E-state index < -0.39 is 0 Å². The molecule has 0 saturated heterocycles. The van der Waals surface area contributed by atoms with Crippen LogP contribution in [0.15, 0.2) is 0 Å². The molecule has 0 bridgehead atoms. The summed E-state index contributed by atoms with van der Waals surface area (Å²) in [6.45, 7) is 3.13. The number of primary amides is 2. The zero-order chi connectivity index (χ0) is 13.5. The van der Waals surface area contributed by atoms with E-state index in [9.17, 15) is 9.59 Å². The number of nitrogens with one attached hydrogen (secondary N) is 1. The van der Waals surface area contributed by atoms with E-state index in [1.807, 2.05) is 0 Å². The summed E-state index contributed by atoms with van der Waals surface area (Å²) in [5.74, 6) is -0.658. The van der Waals surface area contributed by atoms with Crippen LogP contribution in [-0.2, 0) is 9.59 Å². The zero-order valence-electron chi connectivity index (χ0n) is 10.3. The third-order valence-electron chi connectivity index (χ3n) is 1.74. The normalized spacial score (nSPS) is 9.29. The van der Waals surface area contributed by atoms with E-state index in [-0.39, 0.29) is 11.8 Å². The van der Waals surface area contributed by atoms with Gasteiger partial charge in [0.25, 0.3) is 0 Å². The van der Waals surface area contributed by atoms with Gasteiger partial charge in [0, 0.05) is 39.0 Å². The highest BCUT2D eigenvalue weighted by Crippen LogP contribution is 1.97. The first kappa shape index (κ1) is 18.2. The Morgan fingerprint density at radius 2 is 1.18 bits per heavy atom. The number of hydrogen-bond donors (Lipinski definition) is 5. The molecular weight excluding hydrogens is 222 g/mol. The first-order valence-corrected chi connectivity index (χ1v) is 5.72. The minimum atomic E-state index is -0.329. The Labute approximate surface area is 102 Å². The minimum Gasteiger partial charge on any atom is -0.370 e. The summed E-state index contributed by atoms with van der Waals surface area (Å²) in [6.07, 6.45) is 1.98. The van der Waals surface area contributed by atoms with E-state index in [0.717, 1.165) is 13.1 Å². The van der Waals surface area contributed by atoms with E-state index in [0.29, 0.717) is 38.8 Å². The van der Waals surface area contributed by atoms with E-state index in [1.54, 1.807) is 0 Å². The highest BCUT2D eigenvalue weighted by atomic mass is 16.1. The van der Waals surface area contributed by atoms with Crippen LogP contribution in [0.4, 0.5) is 0 Å². The number of hydrogen-bond acceptors (Lipinski definition) is 5. The topological polar surface area (TPSA) is 150 Å². The van der Waals surface area contributed by atoms with Gasteiger partial charge in [0.1, 0.15) is 0 Å². The number of rotatable bonds is 9. The van der Waals surface area contributed by atoms with Gasteiger partial charge in [-0.2, -0.15) is 0 Å². The summed E-state index contributed by atoms with van der Waals surface area (Å²) in [6, 6.07) is 0. The maximum Gasteiger partial charge on any atom is 0.217 e. The number of carbonyl (C=O) groups is 2. The van der Waals surface area contributed by atoms with Gasteiger partial charge in [0.05, 0.1) is 0 Å². The number of amides is 2. The lowest BCUT2D eigenvalue weighted by molar-refractivity contribution is -0.119. The summed E-state index contributed by atoms with van der Waals surface area (Å²) in [5, 5.41) is 3.03. The molecule has 2 amide bonds. The molecule has 17 heavy (non-hydrogen) atoms. The van der Waals surface area contributed by atoms with Crippen molar-refractivity contribution in [3.05, 3.63) is 0 Å². The first-order valence-electron chi connectivity index (χ1n) is 5.72. The average molecular weight is 247 g/mol. The van der Waals surface area contributed by atoms with Gasteiger partial charge in [0.2, 0.25) is 11.8 Å². The molecule has 0 aliphatic carbocycles. The Bertz CT molecular complexity index is 179. The van der Waals surface area contributed by atoms with Crippen molar-refractivity contribution < 1.29 is 9.59 Å². The summed E-state index contributed by atoms with van der Waals surface area (Å²) in [7, 11) is 0. The summed E-state index contributed by atoms with van der Waals surface area (Å²) in [4.78, 5) is 20.3. The molecule has 0 unspecified atom stereocenters.